The Labute approximate surface area is 135 Å². The van der Waals surface area contributed by atoms with Gasteiger partial charge in [-0.2, -0.15) is 0 Å². The molecule has 0 saturated heterocycles. The van der Waals surface area contributed by atoms with E-state index in [1.165, 1.54) is 29.5 Å². The fourth-order valence-corrected chi connectivity index (χ4v) is 3.40. The first-order chi connectivity index (χ1) is 10.8. The lowest BCUT2D eigenvalue weighted by Crippen LogP contribution is -1.84. The summed E-state index contributed by atoms with van der Waals surface area (Å²) in [6.45, 7) is 4.33. The highest BCUT2D eigenvalue weighted by Gasteiger charge is 2.10. The molecule has 0 aliphatic heterocycles. The monoisotopic (exact) mass is 308 g/mol. The van der Waals surface area contributed by atoms with Crippen LogP contribution in [-0.2, 0) is 6.42 Å². The first kappa shape index (κ1) is 14.9. The average Bonchev–Trinajstić information content (AvgIpc) is 3.03. The first-order valence-corrected chi connectivity index (χ1v) is 8.58. The molecule has 0 radical (unpaired) electrons. The number of unbranched alkanes of at least 4 members (excludes halogenated alkanes) is 1. The van der Waals surface area contributed by atoms with Gasteiger partial charge in [0, 0.05) is 11.1 Å². The summed E-state index contributed by atoms with van der Waals surface area (Å²) in [6.07, 6.45) is 3.63. The van der Waals surface area contributed by atoms with Gasteiger partial charge in [-0.1, -0.05) is 73.2 Å². The van der Waals surface area contributed by atoms with Crippen LogP contribution in [0.3, 0.4) is 0 Å². The second-order valence-electron chi connectivity index (χ2n) is 5.53. The molecule has 3 heteroatoms. The van der Waals surface area contributed by atoms with Crippen LogP contribution in [-0.4, -0.2) is 10.2 Å². The molecule has 0 unspecified atom stereocenters. The summed E-state index contributed by atoms with van der Waals surface area (Å²) in [7, 11) is 0. The van der Waals surface area contributed by atoms with Crippen LogP contribution in [0.25, 0.3) is 21.1 Å². The van der Waals surface area contributed by atoms with E-state index in [1.807, 2.05) is 6.07 Å². The van der Waals surface area contributed by atoms with Gasteiger partial charge in [-0.25, -0.2) is 0 Å². The Morgan fingerprint density at radius 2 is 1.64 bits per heavy atom. The van der Waals surface area contributed by atoms with Crippen molar-refractivity contribution >= 4 is 11.3 Å². The second-order valence-corrected chi connectivity index (χ2v) is 6.51. The predicted octanol–water partition coefficient (Wildman–Crippen LogP) is 5.52. The SMILES string of the molecule is CCCCc1ccc(-c2nnc(-c3ccccc3C)s2)cc1. The van der Waals surface area contributed by atoms with Crippen molar-refractivity contribution < 1.29 is 0 Å². The van der Waals surface area contributed by atoms with Crippen molar-refractivity contribution in [1.29, 1.82) is 0 Å². The van der Waals surface area contributed by atoms with Gasteiger partial charge in [0.1, 0.15) is 10.0 Å². The van der Waals surface area contributed by atoms with Gasteiger partial charge >= 0.3 is 0 Å². The molecule has 1 heterocycles. The molecule has 112 valence electrons. The molecule has 0 aliphatic rings. The molecule has 0 amide bonds. The van der Waals surface area contributed by atoms with Crippen LogP contribution in [0.1, 0.15) is 30.9 Å². The van der Waals surface area contributed by atoms with Crippen molar-refractivity contribution in [2.75, 3.05) is 0 Å². The number of aromatic nitrogens is 2. The van der Waals surface area contributed by atoms with Crippen LogP contribution in [0, 0.1) is 6.92 Å². The van der Waals surface area contributed by atoms with E-state index in [9.17, 15) is 0 Å². The molecule has 0 aliphatic carbocycles. The van der Waals surface area contributed by atoms with Crippen LogP contribution < -0.4 is 0 Å². The van der Waals surface area contributed by atoms with Crippen molar-refractivity contribution in [3.05, 3.63) is 59.7 Å². The molecule has 3 rings (SSSR count). The maximum absolute atomic E-state index is 4.36. The molecular weight excluding hydrogens is 288 g/mol. The van der Waals surface area contributed by atoms with Gasteiger partial charge in [0.25, 0.3) is 0 Å². The van der Waals surface area contributed by atoms with E-state index >= 15 is 0 Å². The minimum absolute atomic E-state index is 0.986. The number of benzene rings is 2. The highest BCUT2D eigenvalue weighted by Crippen LogP contribution is 2.31. The lowest BCUT2D eigenvalue weighted by Gasteiger charge is -2.01. The van der Waals surface area contributed by atoms with Gasteiger partial charge in [0.15, 0.2) is 0 Å². The third-order valence-corrected chi connectivity index (χ3v) is 4.83. The highest BCUT2D eigenvalue weighted by molar-refractivity contribution is 7.17. The van der Waals surface area contributed by atoms with Gasteiger partial charge in [-0.05, 0) is 30.9 Å². The maximum atomic E-state index is 4.36. The number of hydrogen-bond acceptors (Lipinski definition) is 3. The van der Waals surface area contributed by atoms with E-state index in [1.54, 1.807) is 11.3 Å². The molecule has 3 aromatic rings. The van der Waals surface area contributed by atoms with Crippen LogP contribution in [0.5, 0.6) is 0 Å². The van der Waals surface area contributed by atoms with E-state index < -0.39 is 0 Å². The Hall–Kier alpha value is -2.00. The molecule has 0 N–H and O–H groups in total. The summed E-state index contributed by atoms with van der Waals surface area (Å²) in [5, 5.41) is 10.7. The third kappa shape index (κ3) is 3.25. The van der Waals surface area contributed by atoms with Crippen LogP contribution in [0.4, 0.5) is 0 Å². The molecule has 22 heavy (non-hydrogen) atoms. The fraction of sp³-hybridized carbons (Fsp3) is 0.263. The second kappa shape index (κ2) is 6.84. The zero-order chi connectivity index (χ0) is 15.4. The minimum Gasteiger partial charge on any atom is -0.138 e. The highest BCUT2D eigenvalue weighted by atomic mass is 32.1. The van der Waals surface area contributed by atoms with Gasteiger partial charge in [0.2, 0.25) is 0 Å². The zero-order valence-electron chi connectivity index (χ0n) is 13.0. The molecule has 2 nitrogen and oxygen atoms in total. The van der Waals surface area contributed by atoms with Crippen LogP contribution in [0.2, 0.25) is 0 Å². The normalized spacial score (nSPS) is 10.8. The quantitative estimate of drug-likeness (QED) is 0.620. The third-order valence-electron chi connectivity index (χ3n) is 3.82. The molecule has 0 atom stereocenters. The van der Waals surface area contributed by atoms with Gasteiger partial charge < -0.3 is 0 Å². The van der Waals surface area contributed by atoms with Crippen molar-refractivity contribution in [2.24, 2.45) is 0 Å². The van der Waals surface area contributed by atoms with Crippen LogP contribution >= 0.6 is 11.3 Å². The lowest BCUT2D eigenvalue weighted by atomic mass is 10.1. The number of hydrogen-bond donors (Lipinski definition) is 0. The zero-order valence-corrected chi connectivity index (χ0v) is 13.9. The van der Waals surface area contributed by atoms with Crippen molar-refractivity contribution in [3.63, 3.8) is 0 Å². The molecular formula is C19H20N2S. The molecule has 1 aromatic heterocycles. The molecule has 0 spiro atoms. The summed E-state index contributed by atoms with van der Waals surface area (Å²) >= 11 is 1.65. The minimum atomic E-state index is 0.986. The smallest absolute Gasteiger partial charge is 0.138 e. The summed E-state index contributed by atoms with van der Waals surface area (Å²) in [4.78, 5) is 0. The number of nitrogens with zero attached hydrogens (tertiary/aromatic N) is 2. The Morgan fingerprint density at radius 3 is 2.36 bits per heavy atom. The van der Waals surface area contributed by atoms with Gasteiger partial charge in [-0.3, -0.25) is 0 Å². The lowest BCUT2D eigenvalue weighted by molar-refractivity contribution is 0.795. The van der Waals surface area contributed by atoms with Crippen LogP contribution in [0.15, 0.2) is 48.5 Å². The summed E-state index contributed by atoms with van der Waals surface area (Å²) in [5.74, 6) is 0. The predicted molar refractivity (Wildman–Crippen MR) is 94.1 cm³/mol. The number of rotatable bonds is 5. The Bertz CT molecular complexity index is 744. The molecule has 0 bridgehead atoms. The Kier molecular flexibility index (Phi) is 4.64. The maximum Gasteiger partial charge on any atom is 0.148 e. The van der Waals surface area contributed by atoms with E-state index in [-0.39, 0.29) is 0 Å². The summed E-state index contributed by atoms with van der Waals surface area (Å²) < 4.78 is 0. The van der Waals surface area contributed by atoms with Gasteiger partial charge in [0.05, 0.1) is 0 Å². The van der Waals surface area contributed by atoms with E-state index in [0.717, 1.165) is 22.0 Å². The molecule has 2 aromatic carbocycles. The van der Waals surface area contributed by atoms with E-state index in [0.29, 0.717) is 0 Å². The largest absolute Gasteiger partial charge is 0.148 e. The first-order valence-electron chi connectivity index (χ1n) is 7.76. The Morgan fingerprint density at radius 1 is 0.909 bits per heavy atom. The topological polar surface area (TPSA) is 25.8 Å². The van der Waals surface area contributed by atoms with Crippen molar-refractivity contribution in [2.45, 2.75) is 33.1 Å². The fourth-order valence-electron chi connectivity index (χ4n) is 2.46. The standard InChI is InChI=1S/C19H20N2S/c1-3-4-8-15-10-12-16(13-11-15)18-20-21-19(22-18)17-9-6-5-7-14(17)2/h5-7,9-13H,3-4,8H2,1-2H3. The molecule has 0 saturated carbocycles. The van der Waals surface area contributed by atoms with E-state index in [2.05, 4.69) is 66.5 Å². The summed E-state index contributed by atoms with van der Waals surface area (Å²) in [6, 6.07) is 17.0. The number of aryl methyl sites for hydroxylation is 2. The van der Waals surface area contributed by atoms with E-state index in [4.69, 9.17) is 0 Å². The Balaban J connectivity index is 1.83. The van der Waals surface area contributed by atoms with Crippen molar-refractivity contribution in [1.82, 2.24) is 10.2 Å². The average molecular weight is 308 g/mol. The van der Waals surface area contributed by atoms with Crippen molar-refractivity contribution in [3.8, 4) is 21.1 Å². The summed E-state index contributed by atoms with van der Waals surface area (Å²) in [5.41, 5.74) is 4.96. The molecule has 0 fully saturated rings. The van der Waals surface area contributed by atoms with Gasteiger partial charge in [-0.15, -0.1) is 10.2 Å².